The van der Waals surface area contributed by atoms with Crippen LogP contribution in [0.1, 0.15) is 0 Å². The molecule has 0 unspecified atom stereocenters. The number of hydrazine groups is 1. The van der Waals surface area contributed by atoms with E-state index in [1.165, 1.54) is 0 Å². The molecule has 2 aromatic rings. The fourth-order valence-corrected chi connectivity index (χ4v) is 1.76. The number of nitrogens with one attached hydrogen (secondary N) is 1. The standard InChI is InChI=1S/C15H18N4O/c1-19(13-8-10-14(20-2)11-9-13)15(18-16)17-12-6-4-3-5-7-12/h3-11H,16H2,1-2H3,(H,17,18). The maximum Gasteiger partial charge on any atom is 0.217 e. The Morgan fingerprint density at radius 1 is 1.10 bits per heavy atom. The molecule has 0 amide bonds. The van der Waals surface area contributed by atoms with E-state index in [4.69, 9.17) is 10.6 Å². The van der Waals surface area contributed by atoms with Gasteiger partial charge in [0.05, 0.1) is 12.8 Å². The fourth-order valence-electron chi connectivity index (χ4n) is 1.76. The summed E-state index contributed by atoms with van der Waals surface area (Å²) in [6.45, 7) is 0. The van der Waals surface area contributed by atoms with Crippen molar-refractivity contribution >= 4 is 17.3 Å². The molecule has 5 heteroatoms. The number of anilines is 1. The van der Waals surface area contributed by atoms with Gasteiger partial charge >= 0.3 is 0 Å². The summed E-state index contributed by atoms with van der Waals surface area (Å²) in [6, 6.07) is 17.3. The van der Waals surface area contributed by atoms with Crippen LogP contribution in [0.15, 0.2) is 59.6 Å². The minimum absolute atomic E-state index is 0.557. The zero-order valence-electron chi connectivity index (χ0n) is 11.6. The highest BCUT2D eigenvalue weighted by molar-refractivity contribution is 5.96. The minimum Gasteiger partial charge on any atom is -0.497 e. The van der Waals surface area contributed by atoms with E-state index in [2.05, 4.69) is 10.4 Å². The molecule has 0 aromatic heterocycles. The van der Waals surface area contributed by atoms with Crippen LogP contribution in [0.3, 0.4) is 0 Å². The first-order chi connectivity index (χ1) is 9.74. The maximum absolute atomic E-state index is 5.57. The summed E-state index contributed by atoms with van der Waals surface area (Å²) in [7, 11) is 3.53. The van der Waals surface area contributed by atoms with Crippen molar-refractivity contribution in [1.29, 1.82) is 0 Å². The number of hydrogen-bond acceptors (Lipinski definition) is 3. The smallest absolute Gasteiger partial charge is 0.217 e. The molecule has 0 radical (unpaired) electrons. The van der Waals surface area contributed by atoms with Crippen molar-refractivity contribution in [3.63, 3.8) is 0 Å². The molecule has 0 spiro atoms. The normalized spacial score (nSPS) is 11.1. The molecule has 0 saturated heterocycles. The second kappa shape index (κ2) is 6.58. The van der Waals surface area contributed by atoms with Crippen LogP contribution in [0.2, 0.25) is 0 Å². The number of methoxy groups -OCH3 is 1. The Balaban J connectivity index is 2.24. The lowest BCUT2D eigenvalue weighted by Crippen LogP contribution is -2.42. The van der Waals surface area contributed by atoms with Gasteiger partial charge in [0.25, 0.3) is 0 Å². The molecule has 20 heavy (non-hydrogen) atoms. The number of rotatable bonds is 3. The second-order valence-electron chi connectivity index (χ2n) is 4.17. The molecular weight excluding hydrogens is 252 g/mol. The number of aliphatic imine (C=N–C) groups is 1. The summed E-state index contributed by atoms with van der Waals surface area (Å²) >= 11 is 0. The third-order valence-corrected chi connectivity index (χ3v) is 2.90. The molecule has 0 fully saturated rings. The zero-order valence-corrected chi connectivity index (χ0v) is 11.6. The van der Waals surface area contributed by atoms with Crippen molar-refractivity contribution in [2.75, 3.05) is 19.1 Å². The summed E-state index contributed by atoms with van der Waals surface area (Å²) < 4.78 is 5.14. The molecule has 3 N–H and O–H groups in total. The number of para-hydroxylation sites is 1. The van der Waals surface area contributed by atoms with Crippen LogP contribution >= 0.6 is 0 Å². The lowest BCUT2D eigenvalue weighted by atomic mass is 10.3. The molecular formula is C15H18N4O. The molecule has 104 valence electrons. The van der Waals surface area contributed by atoms with Gasteiger partial charge in [-0.25, -0.2) is 10.8 Å². The fraction of sp³-hybridized carbons (Fsp3) is 0.133. The molecule has 5 nitrogen and oxygen atoms in total. The molecule has 0 heterocycles. The number of hydrogen-bond donors (Lipinski definition) is 2. The quantitative estimate of drug-likeness (QED) is 0.389. The number of nitrogens with two attached hydrogens (primary N) is 1. The van der Waals surface area contributed by atoms with Gasteiger partial charge in [0.2, 0.25) is 5.96 Å². The van der Waals surface area contributed by atoms with E-state index in [0.29, 0.717) is 5.96 Å². The highest BCUT2D eigenvalue weighted by Gasteiger charge is 2.07. The summed E-state index contributed by atoms with van der Waals surface area (Å²) in [6.07, 6.45) is 0. The van der Waals surface area contributed by atoms with Gasteiger partial charge in [-0.3, -0.25) is 5.43 Å². The van der Waals surface area contributed by atoms with Gasteiger partial charge in [-0.05, 0) is 36.4 Å². The number of nitrogens with zero attached hydrogens (tertiary/aromatic N) is 2. The van der Waals surface area contributed by atoms with Crippen LogP contribution < -0.4 is 20.9 Å². The van der Waals surface area contributed by atoms with Gasteiger partial charge in [-0.1, -0.05) is 18.2 Å². The predicted molar refractivity (Wildman–Crippen MR) is 82.3 cm³/mol. The van der Waals surface area contributed by atoms with Crippen molar-refractivity contribution in [1.82, 2.24) is 5.43 Å². The second-order valence-corrected chi connectivity index (χ2v) is 4.17. The SMILES string of the molecule is COc1ccc(N(C)C(=Nc2ccccc2)NN)cc1. The summed E-state index contributed by atoms with van der Waals surface area (Å²) in [5.74, 6) is 6.93. The van der Waals surface area contributed by atoms with Gasteiger partial charge in [0.1, 0.15) is 5.75 Å². The Bertz CT molecular complexity index is 566. The van der Waals surface area contributed by atoms with E-state index in [0.717, 1.165) is 17.1 Å². The number of ether oxygens (including phenoxy) is 1. The summed E-state index contributed by atoms with van der Waals surface area (Å²) in [5.41, 5.74) is 4.41. The highest BCUT2D eigenvalue weighted by Crippen LogP contribution is 2.19. The molecule has 0 aliphatic carbocycles. The van der Waals surface area contributed by atoms with Crippen LogP contribution in [0.25, 0.3) is 0 Å². The van der Waals surface area contributed by atoms with E-state index in [-0.39, 0.29) is 0 Å². The first kappa shape index (κ1) is 13.9. The molecule has 0 aliphatic heterocycles. The highest BCUT2D eigenvalue weighted by atomic mass is 16.5. The lowest BCUT2D eigenvalue weighted by Gasteiger charge is -2.20. The number of guanidine groups is 1. The van der Waals surface area contributed by atoms with Crippen molar-refractivity contribution in [3.05, 3.63) is 54.6 Å². The van der Waals surface area contributed by atoms with E-state index in [1.54, 1.807) is 7.11 Å². The van der Waals surface area contributed by atoms with E-state index >= 15 is 0 Å². The summed E-state index contributed by atoms with van der Waals surface area (Å²) in [5, 5.41) is 0. The predicted octanol–water partition coefficient (Wildman–Crippen LogP) is 2.28. The van der Waals surface area contributed by atoms with Gasteiger partial charge < -0.3 is 9.64 Å². The van der Waals surface area contributed by atoms with Crippen LogP contribution in [0, 0.1) is 0 Å². The zero-order chi connectivity index (χ0) is 14.4. The van der Waals surface area contributed by atoms with Crippen molar-refractivity contribution in [3.8, 4) is 5.75 Å². The molecule has 0 atom stereocenters. The van der Waals surface area contributed by atoms with Gasteiger partial charge in [-0.15, -0.1) is 0 Å². The van der Waals surface area contributed by atoms with Crippen LogP contribution in [0.5, 0.6) is 5.75 Å². The molecule has 0 aliphatic rings. The first-order valence-electron chi connectivity index (χ1n) is 6.22. The molecule has 2 aromatic carbocycles. The monoisotopic (exact) mass is 270 g/mol. The first-order valence-corrected chi connectivity index (χ1v) is 6.22. The lowest BCUT2D eigenvalue weighted by molar-refractivity contribution is 0.415. The Kier molecular flexibility index (Phi) is 4.57. The van der Waals surface area contributed by atoms with Gasteiger partial charge in [-0.2, -0.15) is 0 Å². The molecule has 0 saturated carbocycles. The Morgan fingerprint density at radius 3 is 2.30 bits per heavy atom. The van der Waals surface area contributed by atoms with Gasteiger partial charge in [0.15, 0.2) is 0 Å². The Morgan fingerprint density at radius 2 is 1.75 bits per heavy atom. The third-order valence-electron chi connectivity index (χ3n) is 2.90. The van der Waals surface area contributed by atoms with Crippen LogP contribution in [-0.2, 0) is 0 Å². The van der Waals surface area contributed by atoms with Crippen molar-refractivity contribution < 1.29 is 4.74 Å². The van der Waals surface area contributed by atoms with Crippen LogP contribution in [-0.4, -0.2) is 20.1 Å². The summed E-state index contributed by atoms with van der Waals surface area (Å²) in [4.78, 5) is 6.34. The van der Waals surface area contributed by atoms with Crippen LogP contribution in [0.4, 0.5) is 11.4 Å². The Hall–Kier alpha value is -2.53. The minimum atomic E-state index is 0.557. The van der Waals surface area contributed by atoms with Crippen molar-refractivity contribution in [2.24, 2.45) is 10.8 Å². The molecule has 2 rings (SSSR count). The largest absolute Gasteiger partial charge is 0.497 e. The average molecular weight is 270 g/mol. The maximum atomic E-state index is 5.57. The Labute approximate surface area is 118 Å². The van der Waals surface area contributed by atoms with Crippen molar-refractivity contribution in [2.45, 2.75) is 0 Å². The third kappa shape index (κ3) is 3.27. The number of benzene rings is 2. The van der Waals surface area contributed by atoms with Gasteiger partial charge in [0, 0.05) is 12.7 Å². The molecule has 0 bridgehead atoms. The van der Waals surface area contributed by atoms with E-state index in [9.17, 15) is 0 Å². The van der Waals surface area contributed by atoms with E-state index in [1.807, 2.05) is 66.5 Å². The topological polar surface area (TPSA) is 62.9 Å². The average Bonchev–Trinajstić information content (AvgIpc) is 2.53. The van der Waals surface area contributed by atoms with E-state index < -0.39 is 0 Å².